The van der Waals surface area contributed by atoms with E-state index in [1.54, 1.807) is 18.3 Å². The fourth-order valence-corrected chi connectivity index (χ4v) is 2.55. The van der Waals surface area contributed by atoms with Crippen LogP contribution in [0.4, 0.5) is 33.6 Å². The molecule has 4 aromatic rings. The molecule has 1 aromatic heterocycles. The quantitative estimate of drug-likeness (QED) is 0.301. The Morgan fingerprint density at radius 2 is 1.13 bits per heavy atom. The largest absolute Gasteiger partial charge is 0.324 e. The summed E-state index contributed by atoms with van der Waals surface area (Å²) in [6, 6.07) is 25.1. The van der Waals surface area contributed by atoms with Crippen molar-refractivity contribution in [1.29, 1.82) is 0 Å². The van der Waals surface area contributed by atoms with Crippen molar-refractivity contribution >= 4 is 35.4 Å². The van der Waals surface area contributed by atoms with E-state index in [4.69, 9.17) is 0 Å². The molecule has 0 radical (unpaired) electrons. The number of aromatic nitrogens is 3. The molecule has 0 fully saturated rings. The van der Waals surface area contributed by atoms with Crippen molar-refractivity contribution in [3.8, 4) is 0 Å². The van der Waals surface area contributed by atoms with E-state index < -0.39 is 0 Å². The number of hydrogen-bond donors (Lipinski definition) is 3. The van der Waals surface area contributed by atoms with Crippen molar-refractivity contribution in [3.63, 3.8) is 0 Å². The second-order valence-corrected chi connectivity index (χ2v) is 6.21. The molecule has 3 N–H and O–H groups in total. The normalized spacial score (nSPS) is 10.7. The lowest BCUT2D eigenvalue weighted by Crippen LogP contribution is -2.07. The summed E-state index contributed by atoms with van der Waals surface area (Å²) in [5.74, 6) is 0.661. The summed E-state index contributed by atoms with van der Waals surface area (Å²) in [5.41, 5.74) is 5.22. The Hall–Kier alpha value is -4.33. The lowest BCUT2D eigenvalue weighted by Gasteiger charge is -2.10. The molecule has 8 heteroatoms. The topological polar surface area (TPSA) is 87.1 Å². The Labute approximate surface area is 172 Å². The van der Waals surface area contributed by atoms with Crippen LogP contribution in [-0.4, -0.2) is 21.2 Å². The zero-order chi connectivity index (χ0) is 20.6. The van der Waals surface area contributed by atoms with Crippen molar-refractivity contribution in [1.82, 2.24) is 15.0 Å². The standard InChI is InChI=1S/C22H18FN7/c23-17-13-11-16(12-14-17)15-24-30-22-28-20(25-18-7-3-1-4-8-18)27-21(29-22)26-19-9-5-2-6-10-19/h1-15H,(H3,25,26,27,28,29,30). The maximum absolute atomic E-state index is 13.0. The number of rotatable bonds is 7. The van der Waals surface area contributed by atoms with Gasteiger partial charge >= 0.3 is 0 Å². The van der Waals surface area contributed by atoms with E-state index in [1.807, 2.05) is 60.7 Å². The molecule has 148 valence electrons. The highest BCUT2D eigenvalue weighted by Gasteiger charge is 2.07. The van der Waals surface area contributed by atoms with Crippen LogP contribution >= 0.6 is 0 Å². The first-order chi connectivity index (χ1) is 14.7. The highest BCUT2D eigenvalue weighted by Crippen LogP contribution is 2.18. The Morgan fingerprint density at radius 3 is 1.67 bits per heavy atom. The minimum Gasteiger partial charge on any atom is -0.324 e. The molecule has 0 bridgehead atoms. The van der Waals surface area contributed by atoms with E-state index in [0.717, 1.165) is 16.9 Å². The van der Waals surface area contributed by atoms with Crippen molar-refractivity contribution in [2.75, 3.05) is 16.1 Å². The first kappa shape index (κ1) is 19.0. The van der Waals surface area contributed by atoms with Gasteiger partial charge in [0, 0.05) is 11.4 Å². The second-order valence-electron chi connectivity index (χ2n) is 6.21. The average molecular weight is 399 g/mol. The minimum absolute atomic E-state index is 0.250. The molecule has 0 aliphatic carbocycles. The third-order valence-corrected chi connectivity index (χ3v) is 3.94. The van der Waals surface area contributed by atoms with Crippen LogP contribution in [0.2, 0.25) is 0 Å². The van der Waals surface area contributed by atoms with Gasteiger partial charge in [-0.1, -0.05) is 48.5 Å². The lowest BCUT2D eigenvalue weighted by molar-refractivity contribution is 0.628. The van der Waals surface area contributed by atoms with Gasteiger partial charge in [-0.25, -0.2) is 9.82 Å². The predicted molar refractivity (Wildman–Crippen MR) is 117 cm³/mol. The van der Waals surface area contributed by atoms with Crippen LogP contribution in [0.5, 0.6) is 0 Å². The molecule has 1 heterocycles. The molecule has 7 nitrogen and oxygen atoms in total. The van der Waals surface area contributed by atoms with Crippen LogP contribution < -0.4 is 16.1 Å². The number of anilines is 5. The van der Waals surface area contributed by atoms with Crippen LogP contribution in [0.15, 0.2) is 90.0 Å². The lowest BCUT2D eigenvalue weighted by atomic mass is 10.2. The van der Waals surface area contributed by atoms with Gasteiger partial charge in [-0.2, -0.15) is 20.1 Å². The maximum atomic E-state index is 13.0. The molecule has 0 aliphatic rings. The number of nitrogens with one attached hydrogen (secondary N) is 3. The van der Waals surface area contributed by atoms with Crippen LogP contribution in [0, 0.1) is 5.82 Å². The molecule has 4 rings (SSSR count). The Balaban J connectivity index is 1.56. The van der Waals surface area contributed by atoms with Crippen molar-refractivity contribution < 1.29 is 4.39 Å². The van der Waals surface area contributed by atoms with Gasteiger partial charge in [-0.05, 0) is 42.0 Å². The van der Waals surface area contributed by atoms with Gasteiger partial charge in [0.15, 0.2) is 0 Å². The van der Waals surface area contributed by atoms with Gasteiger partial charge in [0.2, 0.25) is 17.8 Å². The van der Waals surface area contributed by atoms with Crippen molar-refractivity contribution in [3.05, 3.63) is 96.3 Å². The zero-order valence-corrected chi connectivity index (χ0v) is 15.8. The van der Waals surface area contributed by atoms with Gasteiger partial charge < -0.3 is 10.6 Å². The van der Waals surface area contributed by atoms with Gasteiger partial charge in [0.05, 0.1) is 6.21 Å². The monoisotopic (exact) mass is 399 g/mol. The van der Waals surface area contributed by atoms with E-state index in [9.17, 15) is 4.39 Å². The van der Waals surface area contributed by atoms with E-state index in [1.165, 1.54) is 12.1 Å². The molecule has 0 saturated heterocycles. The molecule has 0 spiro atoms. The number of benzene rings is 3. The van der Waals surface area contributed by atoms with Crippen LogP contribution in [0.3, 0.4) is 0 Å². The summed E-state index contributed by atoms with van der Waals surface area (Å²) in [4.78, 5) is 13.1. The molecule has 0 aliphatic heterocycles. The SMILES string of the molecule is Fc1ccc(C=NNc2nc(Nc3ccccc3)nc(Nc3ccccc3)n2)cc1. The first-order valence-corrected chi connectivity index (χ1v) is 9.19. The summed E-state index contributed by atoms with van der Waals surface area (Å²) in [5, 5.41) is 10.4. The molecule has 0 unspecified atom stereocenters. The fourth-order valence-electron chi connectivity index (χ4n) is 2.55. The molecule has 0 amide bonds. The number of para-hydroxylation sites is 2. The molecule has 3 aromatic carbocycles. The number of hydrazone groups is 1. The summed E-state index contributed by atoms with van der Waals surface area (Å²) >= 11 is 0. The predicted octanol–water partition coefficient (Wildman–Crippen LogP) is 4.94. The summed E-state index contributed by atoms with van der Waals surface area (Å²) in [7, 11) is 0. The Morgan fingerprint density at radius 1 is 0.633 bits per heavy atom. The van der Waals surface area contributed by atoms with E-state index in [-0.39, 0.29) is 11.8 Å². The Bertz CT molecular complexity index is 1060. The van der Waals surface area contributed by atoms with Gasteiger partial charge in [-0.15, -0.1) is 0 Å². The third kappa shape index (κ3) is 5.35. The van der Waals surface area contributed by atoms with Crippen LogP contribution in [-0.2, 0) is 0 Å². The van der Waals surface area contributed by atoms with Gasteiger partial charge in [0.1, 0.15) is 5.82 Å². The first-order valence-electron chi connectivity index (χ1n) is 9.19. The minimum atomic E-state index is -0.300. The summed E-state index contributed by atoms with van der Waals surface area (Å²) in [6.45, 7) is 0. The highest BCUT2D eigenvalue weighted by atomic mass is 19.1. The van der Waals surface area contributed by atoms with E-state index in [0.29, 0.717) is 11.9 Å². The smallest absolute Gasteiger partial charge is 0.250 e. The van der Waals surface area contributed by atoms with Crippen molar-refractivity contribution in [2.24, 2.45) is 5.10 Å². The number of halogens is 1. The van der Waals surface area contributed by atoms with Crippen LogP contribution in [0.1, 0.15) is 5.56 Å². The van der Waals surface area contributed by atoms with Gasteiger partial charge in [0.25, 0.3) is 0 Å². The van der Waals surface area contributed by atoms with Crippen LogP contribution in [0.25, 0.3) is 0 Å². The molecular formula is C22H18FN7. The molecule has 0 saturated carbocycles. The summed E-state index contributed by atoms with van der Waals surface area (Å²) < 4.78 is 13.0. The third-order valence-electron chi connectivity index (χ3n) is 3.94. The maximum Gasteiger partial charge on any atom is 0.250 e. The molecular weight excluding hydrogens is 381 g/mol. The fraction of sp³-hybridized carbons (Fsp3) is 0. The Kier molecular flexibility index (Phi) is 5.86. The number of nitrogens with zero attached hydrogens (tertiary/aromatic N) is 4. The van der Waals surface area contributed by atoms with Crippen molar-refractivity contribution in [2.45, 2.75) is 0 Å². The number of hydrogen-bond acceptors (Lipinski definition) is 7. The molecule has 0 atom stereocenters. The van der Waals surface area contributed by atoms with E-state index >= 15 is 0 Å². The molecule has 30 heavy (non-hydrogen) atoms. The van der Waals surface area contributed by atoms with Gasteiger partial charge in [-0.3, -0.25) is 0 Å². The highest BCUT2D eigenvalue weighted by molar-refractivity contribution is 5.79. The summed E-state index contributed by atoms with van der Waals surface area (Å²) in [6.07, 6.45) is 1.55. The van der Waals surface area contributed by atoms with E-state index in [2.05, 4.69) is 36.1 Å². The zero-order valence-electron chi connectivity index (χ0n) is 15.8. The second kappa shape index (κ2) is 9.24. The average Bonchev–Trinajstić information content (AvgIpc) is 2.76.